The number of likely N-dealkylation sites (N-methyl/N-ethyl adjacent to an activating group) is 1. The van der Waals surface area contributed by atoms with Gasteiger partial charge in [0.15, 0.2) is 0 Å². The van der Waals surface area contributed by atoms with E-state index in [1.807, 2.05) is 19.1 Å². The van der Waals surface area contributed by atoms with Gasteiger partial charge in [0, 0.05) is 24.6 Å². The van der Waals surface area contributed by atoms with E-state index in [0.717, 1.165) is 18.2 Å². The van der Waals surface area contributed by atoms with Crippen molar-refractivity contribution in [3.8, 4) is 0 Å². The second-order valence-electron chi connectivity index (χ2n) is 4.42. The van der Waals surface area contributed by atoms with E-state index in [1.165, 1.54) is 12.8 Å². The standard InChI is InChI=1S/C13H19N3O/c1-2-16(12-5-7-14-8-6-12)13(17)10-15-9-11-3-4-11/h5-8,11,15H,2-4,9-10H2,1H3. The van der Waals surface area contributed by atoms with Crippen LogP contribution < -0.4 is 10.2 Å². The predicted octanol–water partition coefficient (Wildman–Crippen LogP) is 1.43. The van der Waals surface area contributed by atoms with Crippen LogP contribution in [0.1, 0.15) is 19.8 Å². The summed E-state index contributed by atoms with van der Waals surface area (Å²) >= 11 is 0. The van der Waals surface area contributed by atoms with Crippen LogP contribution in [-0.2, 0) is 4.79 Å². The Bertz CT molecular complexity index is 362. The van der Waals surface area contributed by atoms with Gasteiger partial charge in [0.05, 0.1) is 6.54 Å². The Morgan fingerprint density at radius 2 is 2.18 bits per heavy atom. The monoisotopic (exact) mass is 233 g/mol. The van der Waals surface area contributed by atoms with E-state index in [2.05, 4.69) is 10.3 Å². The number of nitrogens with one attached hydrogen (secondary N) is 1. The largest absolute Gasteiger partial charge is 0.311 e. The Morgan fingerprint density at radius 1 is 1.47 bits per heavy atom. The smallest absolute Gasteiger partial charge is 0.240 e. The van der Waals surface area contributed by atoms with Crippen molar-refractivity contribution in [2.24, 2.45) is 5.92 Å². The third-order valence-electron chi connectivity index (χ3n) is 3.00. The lowest BCUT2D eigenvalue weighted by Gasteiger charge is -2.21. The minimum atomic E-state index is 0.124. The van der Waals surface area contributed by atoms with Gasteiger partial charge in [0.25, 0.3) is 0 Å². The van der Waals surface area contributed by atoms with Crippen LogP contribution in [0.5, 0.6) is 0 Å². The van der Waals surface area contributed by atoms with E-state index in [1.54, 1.807) is 17.3 Å². The van der Waals surface area contributed by atoms with Crippen LogP contribution in [0.15, 0.2) is 24.5 Å². The molecule has 1 heterocycles. The Kier molecular flexibility index (Phi) is 4.09. The van der Waals surface area contributed by atoms with Crippen molar-refractivity contribution in [3.05, 3.63) is 24.5 Å². The summed E-state index contributed by atoms with van der Waals surface area (Å²) in [7, 11) is 0. The third kappa shape index (κ3) is 3.53. The molecule has 1 N–H and O–H groups in total. The normalized spacial score (nSPS) is 14.6. The Labute approximate surface area is 102 Å². The number of rotatable bonds is 6. The first-order valence-electron chi connectivity index (χ1n) is 6.22. The Balaban J connectivity index is 1.85. The van der Waals surface area contributed by atoms with Crippen LogP contribution in [0.2, 0.25) is 0 Å². The van der Waals surface area contributed by atoms with Crippen LogP contribution in [0, 0.1) is 5.92 Å². The van der Waals surface area contributed by atoms with Crippen molar-refractivity contribution >= 4 is 11.6 Å². The van der Waals surface area contributed by atoms with Gasteiger partial charge in [-0.2, -0.15) is 0 Å². The third-order valence-corrected chi connectivity index (χ3v) is 3.00. The fraction of sp³-hybridized carbons (Fsp3) is 0.538. The summed E-state index contributed by atoms with van der Waals surface area (Å²) in [5.74, 6) is 0.929. The second-order valence-corrected chi connectivity index (χ2v) is 4.42. The maximum absolute atomic E-state index is 12.0. The zero-order valence-corrected chi connectivity index (χ0v) is 10.2. The van der Waals surface area contributed by atoms with Crippen molar-refractivity contribution < 1.29 is 4.79 Å². The molecule has 0 atom stereocenters. The molecule has 0 aromatic carbocycles. The van der Waals surface area contributed by atoms with E-state index in [-0.39, 0.29) is 5.91 Å². The van der Waals surface area contributed by atoms with Gasteiger partial charge in [-0.15, -0.1) is 0 Å². The summed E-state index contributed by atoms with van der Waals surface area (Å²) in [6.45, 7) is 4.07. The van der Waals surface area contributed by atoms with Gasteiger partial charge < -0.3 is 10.2 Å². The second kappa shape index (κ2) is 5.77. The zero-order chi connectivity index (χ0) is 12.1. The van der Waals surface area contributed by atoms with Crippen molar-refractivity contribution in [2.45, 2.75) is 19.8 Å². The molecule has 1 amide bonds. The Morgan fingerprint density at radius 3 is 2.76 bits per heavy atom. The number of anilines is 1. The summed E-state index contributed by atoms with van der Waals surface area (Å²) in [5, 5.41) is 3.22. The molecule has 1 aliphatic carbocycles. The first-order chi connectivity index (χ1) is 8.31. The average Bonchev–Trinajstić information content (AvgIpc) is 3.15. The van der Waals surface area contributed by atoms with E-state index in [0.29, 0.717) is 13.1 Å². The van der Waals surface area contributed by atoms with E-state index in [9.17, 15) is 4.79 Å². The first kappa shape index (κ1) is 12.0. The number of pyridine rings is 1. The zero-order valence-electron chi connectivity index (χ0n) is 10.2. The molecule has 0 aliphatic heterocycles. The molecular formula is C13H19N3O. The lowest BCUT2D eigenvalue weighted by Crippen LogP contribution is -2.38. The number of nitrogens with zero attached hydrogens (tertiary/aromatic N) is 2. The van der Waals surface area contributed by atoms with E-state index in [4.69, 9.17) is 0 Å². The van der Waals surface area contributed by atoms with E-state index < -0.39 is 0 Å². The maximum atomic E-state index is 12.0. The van der Waals surface area contributed by atoms with Crippen molar-refractivity contribution in [1.29, 1.82) is 0 Å². The van der Waals surface area contributed by atoms with Crippen molar-refractivity contribution in [2.75, 3.05) is 24.5 Å². The highest BCUT2D eigenvalue weighted by Crippen LogP contribution is 2.27. The first-order valence-corrected chi connectivity index (χ1v) is 6.22. The molecule has 0 spiro atoms. The highest BCUT2D eigenvalue weighted by atomic mass is 16.2. The quantitative estimate of drug-likeness (QED) is 0.808. The molecule has 0 radical (unpaired) electrons. The number of carbonyl (C=O) groups excluding carboxylic acids is 1. The van der Waals surface area contributed by atoms with Gasteiger partial charge in [-0.05, 0) is 44.4 Å². The molecule has 1 aromatic rings. The minimum absolute atomic E-state index is 0.124. The number of hydrogen-bond donors (Lipinski definition) is 1. The van der Waals surface area contributed by atoms with Crippen LogP contribution in [0.25, 0.3) is 0 Å². The lowest BCUT2D eigenvalue weighted by atomic mass is 10.3. The van der Waals surface area contributed by atoms with Crippen molar-refractivity contribution in [1.82, 2.24) is 10.3 Å². The van der Waals surface area contributed by atoms with Crippen LogP contribution in [0.3, 0.4) is 0 Å². The molecule has 1 aliphatic rings. The molecule has 2 rings (SSSR count). The predicted molar refractivity (Wildman–Crippen MR) is 67.9 cm³/mol. The molecule has 0 saturated heterocycles. The lowest BCUT2D eigenvalue weighted by molar-refractivity contribution is -0.117. The molecule has 4 heteroatoms. The number of carbonyl (C=O) groups is 1. The topological polar surface area (TPSA) is 45.2 Å². The van der Waals surface area contributed by atoms with Gasteiger partial charge in [0.1, 0.15) is 0 Å². The van der Waals surface area contributed by atoms with Gasteiger partial charge in [-0.25, -0.2) is 0 Å². The SMILES string of the molecule is CCN(C(=O)CNCC1CC1)c1ccncc1. The van der Waals surface area contributed by atoms with Gasteiger partial charge >= 0.3 is 0 Å². The number of hydrogen-bond acceptors (Lipinski definition) is 3. The summed E-state index contributed by atoms with van der Waals surface area (Å²) in [4.78, 5) is 17.8. The average molecular weight is 233 g/mol. The molecule has 92 valence electrons. The molecule has 1 aromatic heterocycles. The Hall–Kier alpha value is -1.42. The summed E-state index contributed by atoms with van der Waals surface area (Å²) in [6.07, 6.45) is 6.04. The molecule has 1 saturated carbocycles. The van der Waals surface area contributed by atoms with Crippen molar-refractivity contribution in [3.63, 3.8) is 0 Å². The van der Waals surface area contributed by atoms with Gasteiger partial charge in [-0.1, -0.05) is 0 Å². The van der Waals surface area contributed by atoms with Crippen LogP contribution in [-0.4, -0.2) is 30.5 Å². The molecular weight excluding hydrogens is 214 g/mol. The number of aromatic nitrogens is 1. The molecule has 17 heavy (non-hydrogen) atoms. The number of amides is 1. The van der Waals surface area contributed by atoms with Crippen LogP contribution in [0.4, 0.5) is 5.69 Å². The molecule has 0 bridgehead atoms. The molecule has 1 fully saturated rings. The van der Waals surface area contributed by atoms with Gasteiger partial charge in [0.2, 0.25) is 5.91 Å². The maximum Gasteiger partial charge on any atom is 0.240 e. The fourth-order valence-corrected chi connectivity index (χ4v) is 1.83. The summed E-state index contributed by atoms with van der Waals surface area (Å²) in [6, 6.07) is 3.73. The molecule has 4 nitrogen and oxygen atoms in total. The fourth-order valence-electron chi connectivity index (χ4n) is 1.83. The van der Waals surface area contributed by atoms with Crippen LogP contribution >= 0.6 is 0 Å². The minimum Gasteiger partial charge on any atom is -0.311 e. The summed E-state index contributed by atoms with van der Waals surface area (Å²) < 4.78 is 0. The highest BCUT2D eigenvalue weighted by Gasteiger charge is 2.21. The van der Waals surface area contributed by atoms with Gasteiger partial charge in [-0.3, -0.25) is 9.78 Å². The highest BCUT2D eigenvalue weighted by molar-refractivity contribution is 5.94. The summed E-state index contributed by atoms with van der Waals surface area (Å²) in [5.41, 5.74) is 0.917. The van der Waals surface area contributed by atoms with E-state index >= 15 is 0 Å². The molecule has 0 unspecified atom stereocenters.